The zero-order chi connectivity index (χ0) is 17.2. The van der Waals surface area contributed by atoms with Crippen molar-refractivity contribution in [3.05, 3.63) is 35.4 Å². The van der Waals surface area contributed by atoms with Gasteiger partial charge in [-0.2, -0.15) is 0 Å². The van der Waals surface area contributed by atoms with Crippen molar-refractivity contribution in [2.45, 2.75) is 53.0 Å². The molecule has 0 radical (unpaired) electrons. The largest absolute Gasteiger partial charge is 0.332 e. The van der Waals surface area contributed by atoms with Gasteiger partial charge >= 0.3 is 0 Å². The third-order valence-corrected chi connectivity index (χ3v) is 3.84. The number of hydrogen-bond acceptors (Lipinski definition) is 2. The summed E-state index contributed by atoms with van der Waals surface area (Å²) in [7, 11) is 0. The predicted molar refractivity (Wildman–Crippen MR) is 91.4 cm³/mol. The molecular formula is C18H30N3O2+. The van der Waals surface area contributed by atoms with Crippen LogP contribution in [0.5, 0.6) is 0 Å². The lowest BCUT2D eigenvalue weighted by atomic mass is 9.94. The lowest BCUT2D eigenvalue weighted by Gasteiger charge is -2.20. The Bertz CT molecular complexity index is 497. The van der Waals surface area contributed by atoms with E-state index in [0.29, 0.717) is 5.92 Å². The first-order valence-electron chi connectivity index (χ1n) is 8.41. The van der Waals surface area contributed by atoms with Crippen molar-refractivity contribution in [3.63, 3.8) is 0 Å². The van der Waals surface area contributed by atoms with Crippen molar-refractivity contribution in [1.29, 1.82) is 0 Å². The first kappa shape index (κ1) is 19.2. The summed E-state index contributed by atoms with van der Waals surface area (Å²) in [6.07, 6.45) is 3.53. The number of rotatable bonds is 8. The van der Waals surface area contributed by atoms with Gasteiger partial charge in [0.15, 0.2) is 6.54 Å². The Kier molecular flexibility index (Phi) is 8.33. The van der Waals surface area contributed by atoms with Crippen LogP contribution in [-0.4, -0.2) is 18.4 Å². The fourth-order valence-corrected chi connectivity index (χ4v) is 2.52. The Labute approximate surface area is 139 Å². The van der Waals surface area contributed by atoms with Gasteiger partial charge in [0.05, 0.1) is 0 Å². The number of nitrogens with two attached hydrogens (primary N) is 1. The lowest BCUT2D eigenvalue weighted by Crippen LogP contribution is -2.88. The van der Waals surface area contributed by atoms with Crippen LogP contribution in [0, 0.1) is 5.92 Å². The SMILES string of the molecule is CCCCc1ccc([C@@H]([NH2+]CC(=O)NNC(C)=O)C(C)C)cc1. The van der Waals surface area contributed by atoms with Crippen LogP contribution in [-0.2, 0) is 16.0 Å². The molecule has 0 unspecified atom stereocenters. The van der Waals surface area contributed by atoms with Crippen molar-refractivity contribution in [2.24, 2.45) is 5.92 Å². The van der Waals surface area contributed by atoms with Crippen LogP contribution in [0.25, 0.3) is 0 Å². The molecule has 5 heteroatoms. The number of unbranched alkanes of at least 4 members (excludes halogenated alkanes) is 1. The van der Waals surface area contributed by atoms with Crippen molar-refractivity contribution in [3.8, 4) is 0 Å². The second-order valence-electron chi connectivity index (χ2n) is 6.28. The molecule has 1 aromatic rings. The molecule has 0 aromatic heterocycles. The van der Waals surface area contributed by atoms with Crippen LogP contribution in [0.2, 0.25) is 0 Å². The number of carbonyl (C=O) groups excluding carboxylic acids is 2. The monoisotopic (exact) mass is 320 g/mol. The second kappa shape index (κ2) is 10.0. The molecule has 4 N–H and O–H groups in total. The van der Waals surface area contributed by atoms with Gasteiger partial charge in [-0.3, -0.25) is 20.4 Å². The van der Waals surface area contributed by atoms with E-state index in [1.807, 2.05) is 5.32 Å². The molecule has 1 aromatic carbocycles. The van der Waals surface area contributed by atoms with E-state index in [4.69, 9.17) is 0 Å². The van der Waals surface area contributed by atoms with Gasteiger partial charge in [0.25, 0.3) is 5.91 Å². The molecule has 0 aliphatic rings. The number of nitrogens with one attached hydrogen (secondary N) is 2. The van der Waals surface area contributed by atoms with Crippen LogP contribution in [0.1, 0.15) is 57.7 Å². The van der Waals surface area contributed by atoms with Gasteiger partial charge in [-0.05, 0) is 18.4 Å². The summed E-state index contributed by atoms with van der Waals surface area (Å²) in [4.78, 5) is 22.5. The van der Waals surface area contributed by atoms with Gasteiger partial charge in [0.1, 0.15) is 6.04 Å². The molecule has 1 rings (SSSR count). The van der Waals surface area contributed by atoms with Crippen molar-refractivity contribution >= 4 is 11.8 Å². The van der Waals surface area contributed by atoms with E-state index in [9.17, 15) is 9.59 Å². The Balaban J connectivity index is 2.60. The van der Waals surface area contributed by atoms with Crippen LogP contribution in [0.15, 0.2) is 24.3 Å². The second-order valence-corrected chi connectivity index (χ2v) is 6.28. The molecule has 0 spiro atoms. The summed E-state index contributed by atoms with van der Waals surface area (Å²) in [6.45, 7) is 8.14. The van der Waals surface area contributed by atoms with E-state index in [2.05, 4.69) is 55.9 Å². The summed E-state index contributed by atoms with van der Waals surface area (Å²) in [6, 6.07) is 8.92. The minimum atomic E-state index is -0.276. The fraction of sp³-hybridized carbons (Fsp3) is 0.556. The molecule has 0 heterocycles. The first-order chi connectivity index (χ1) is 10.9. The minimum absolute atomic E-state index is 0.203. The van der Waals surface area contributed by atoms with E-state index < -0.39 is 0 Å². The molecule has 0 fully saturated rings. The van der Waals surface area contributed by atoms with Crippen LogP contribution in [0.4, 0.5) is 0 Å². The number of amides is 2. The fourth-order valence-electron chi connectivity index (χ4n) is 2.52. The quantitative estimate of drug-likeness (QED) is 0.634. The van der Waals surface area contributed by atoms with Gasteiger partial charge < -0.3 is 5.32 Å². The maximum absolute atomic E-state index is 11.7. The summed E-state index contributed by atoms with van der Waals surface area (Å²) in [5, 5.41) is 2.02. The van der Waals surface area contributed by atoms with E-state index in [1.165, 1.54) is 30.9 Å². The summed E-state index contributed by atoms with van der Waals surface area (Å²) < 4.78 is 0. The van der Waals surface area contributed by atoms with Gasteiger partial charge in [0.2, 0.25) is 5.91 Å². The van der Waals surface area contributed by atoms with E-state index in [0.717, 1.165) is 6.42 Å². The average molecular weight is 320 g/mol. The zero-order valence-electron chi connectivity index (χ0n) is 14.7. The van der Waals surface area contributed by atoms with Gasteiger partial charge in [-0.25, -0.2) is 0 Å². The molecule has 0 saturated heterocycles. The first-order valence-corrected chi connectivity index (χ1v) is 8.41. The van der Waals surface area contributed by atoms with Crippen LogP contribution in [0.3, 0.4) is 0 Å². The topological polar surface area (TPSA) is 74.8 Å². The molecular weight excluding hydrogens is 290 g/mol. The van der Waals surface area contributed by atoms with Crippen LogP contribution < -0.4 is 16.2 Å². The number of hydrogen-bond donors (Lipinski definition) is 3. The van der Waals surface area contributed by atoms with Crippen molar-refractivity contribution in [2.75, 3.05) is 6.54 Å². The van der Waals surface area contributed by atoms with Crippen LogP contribution >= 0.6 is 0 Å². The molecule has 2 amide bonds. The van der Waals surface area contributed by atoms with Crippen molar-refractivity contribution < 1.29 is 14.9 Å². The van der Waals surface area contributed by atoms with E-state index in [-0.39, 0.29) is 24.4 Å². The number of quaternary nitrogens is 1. The standard InChI is InChI=1S/C18H29N3O2/c1-5-6-7-15-8-10-16(11-9-15)18(13(2)3)19-12-17(23)21-20-14(4)22/h8-11,13,18-19H,5-7,12H2,1-4H3,(H,20,22)(H,21,23)/p+1/t18-/m0/s1. The zero-order valence-corrected chi connectivity index (χ0v) is 14.7. The molecule has 0 saturated carbocycles. The molecule has 23 heavy (non-hydrogen) atoms. The molecule has 1 atom stereocenters. The summed E-state index contributed by atoms with van der Waals surface area (Å²) in [5.41, 5.74) is 7.29. The highest BCUT2D eigenvalue weighted by Crippen LogP contribution is 2.18. The van der Waals surface area contributed by atoms with Crippen molar-refractivity contribution in [1.82, 2.24) is 10.9 Å². The number of hydrazine groups is 1. The Morgan fingerprint density at radius 3 is 2.30 bits per heavy atom. The summed E-state index contributed by atoms with van der Waals surface area (Å²) in [5.74, 6) is -0.0723. The van der Waals surface area contributed by atoms with Gasteiger partial charge in [-0.15, -0.1) is 0 Å². The lowest BCUT2D eigenvalue weighted by molar-refractivity contribution is -0.692. The van der Waals surface area contributed by atoms with Gasteiger partial charge in [0, 0.05) is 18.4 Å². The molecule has 5 nitrogen and oxygen atoms in total. The number of aryl methyl sites for hydroxylation is 1. The number of carbonyl (C=O) groups is 2. The highest BCUT2D eigenvalue weighted by Gasteiger charge is 2.20. The Morgan fingerprint density at radius 1 is 1.13 bits per heavy atom. The Morgan fingerprint density at radius 2 is 1.78 bits per heavy atom. The molecule has 0 bridgehead atoms. The minimum Gasteiger partial charge on any atom is -0.332 e. The molecule has 0 aliphatic carbocycles. The third kappa shape index (κ3) is 7.28. The average Bonchev–Trinajstić information content (AvgIpc) is 2.52. The maximum atomic E-state index is 11.7. The van der Waals surface area contributed by atoms with E-state index in [1.54, 1.807) is 0 Å². The normalized spacial score (nSPS) is 12.0. The predicted octanol–water partition coefficient (Wildman–Crippen LogP) is 1.46. The van der Waals surface area contributed by atoms with Gasteiger partial charge in [-0.1, -0.05) is 51.5 Å². The highest BCUT2D eigenvalue weighted by molar-refractivity contribution is 5.81. The summed E-state index contributed by atoms with van der Waals surface area (Å²) >= 11 is 0. The maximum Gasteiger partial charge on any atom is 0.293 e. The van der Waals surface area contributed by atoms with E-state index >= 15 is 0 Å². The molecule has 128 valence electrons. The molecule has 0 aliphatic heterocycles. The number of benzene rings is 1. The smallest absolute Gasteiger partial charge is 0.293 e. The Hall–Kier alpha value is -1.88. The third-order valence-electron chi connectivity index (χ3n) is 3.84. The highest BCUT2D eigenvalue weighted by atomic mass is 16.2.